The number of amides is 1. The van der Waals surface area contributed by atoms with E-state index >= 15 is 0 Å². The topological polar surface area (TPSA) is 61.4 Å². The quantitative estimate of drug-likeness (QED) is 0.486. The molecule has 1 saturated heterocycles. The third kappa shape index (κ3) is 4.39. The zero-order valence-electron chi connectivity index (χ0n) is 18.4. The molecule has 1 aromatic heterocycles. The number of carbonyl (C=O) groups excluding carboxylic acids is 1. The minimum Gasteiger partial charge on any atom is -0.368 e. The molecule has 3 aromatic carbocycles. The maximum Gasteiger partial charge on any atom is 0.272 e. The number of carbonyl (C=O) groups is 1. The van der Waals surface area contributed by atoms with Crippen molar-refractivity contribution in [1.82, 2.24) is 15.5 Å². The zero-order valence-corrected chi connectivity index (χ0v) is 18.4. The van der Waals surface area contributed by atoms with Gasteiger partial charge in [0, 0.05) is 54.7 Å². The molecule has 0 radical (unpaired) electrons. The number of hydrogen-bond acceptors (Lipinski definition) is 5. The first-order valence-electron chi connectivity index (χ1n) is 11.1. The average Bonchev–Trinajstić information content (AvgIpc) is 2.88. The summed E-state index contributed by atoms with van der Waals surface area (Å²) in [5.74, 6) is -0.296. The lowest BCUT2D eigenvalue weighted by atomic mass is 10.1. The van der Waals surface area contributed by atoms with Gasteiger partial charge >= 0.3 is 0 Å². The molecule has 4 aromatic rings. The first-order valence-corrected chi connectivity index (χ1v) is 11.1. The van der Waals surface area contributed by atoms with Crippen LogP contribution in [-0.2, 0) is 6.54 Å². The lowest BCUT2D eigenvalue weighted by Crippen LogP contribution is -2.47. The van der Waals surface area contributed by atoms with Crippen molar-refractivity contribution in [3.63, 3.8) is 0 Å². The van der Waals surface area contributed by atoms with Gasteiger partial charge < -0.3 is 15.1 Å². The molecule has 0 unspecified atom stereocenters. The highest BCUT2D eigenvalue weighted by molar-refractivity contribution is 6.07. The predicted octanol–water partition coefficient (Wildman–Crippen LogP) is 4.16. The van der Waals surface area contributed by atoms with Gasteiger partial charge in [-0.3, -0.25) is 4.79 Å². The Morgan fingerprint density at radius 1 is 0.794 bits per heavy atom. The Labute approximate surface area is 195 Å². The molecule has 8 heteroatoms. The summed E-state index contributed by atoms with van der Waals surface area (Å²) in [4.78, 5) is 17.2. The van der Waals surface area contributed by atoms with Gasteiger partial charge in [-0.05, 0) is 30.3 Å². The second kappa shape index (κ2) is 9.43. The molecular weight excluding hydrogens is 436 g/mol. The minimum atomic E-state index is -0.403. The van der Waals surface area contributed by atoms with Crippen molar-refractivity contribution in [3.05, 3.63) is 95.7 Å². The number of nitrogens with zero attached hydrogens (tertiary/aromatic N) is 4. The summed E-state index contributed by atoms with van der Waals surface area (Å²) in [6, 6.07) is 20.4. The Hall–Kier alpha value is -4.07. The van der Waals surface area contributed by atoms with E-state index in [1.165, 1.54) is 18.2 Å². The monoisotopic (exact) mass is 459 g/mol. The Morgan fingerprint density at radius 2 is 1.44 bits per heavy atom. The Kier molecular flexibility index (Phi) is 6.03. The number of rotatable bonds is 5. The zero-order chi connectivity index (χ0) is 23.5. The van der Waals surface area contributed by atoms with Crippen molar-refractivity contribution in [2.45, 2.75) is 6.54 Å². The highest BCUT2D eigenvalue weighted by Crippen LogP contribution is 2.27. The van der Waals surface area contributed by atoms with Gasteiger partial charge in [0.1, 0.15) is 11.6 Å². The molecule has 0 saturated carbocycles. The number of halogens is 2. The van der Waals surface area contributed by atoms with E-state index in [1.807, 2.05) is 24.3 Å². The van der Waals surface area contributed by atoms with Crippen LogP contribution in [0.2, 0.25) is 0 Å². The number of aromatic nitrogens is 2. The molecule has 6 nitrogen and oxygen atoms in total. The van der Waals surface area contributed by atoms with E-state index < -0.39 is 5.91 Å². The maximum atomic E-state index is 13.9. The minimum absolute atomic E-state index is 0.0641. The highest BCUT2D eigenvalue weighted by Gasteiger charge is 2.23. The Bertz CT molecular complexity index is 1320. The summed E-state index contributed by atoms with van der Waals surface area (Å²) < 4.78 is 27.1. The van der Waals surface area contributed by atoms with Gasteiger partial charge in [-0.1, -0.05) is 42.5 Å². The smallest absolute Gasteiger partial charge is 0.272 e. The van der Waals surface area contributed by atoms with E-state index in [4.69, 9.17) is 0 Å². The van der Waals surface area contributed by atoms with E-state index in [0.29, 0.717) is 10.9 Å². The molecule has 1 fully saturated rings. The van der Waals surface area contributed by atoms with E-state index in [0.717, 1.165) is 43.1 Å². The van der Waals surface area contributed by atoms with Crippen LogP contribution in [0, 0.1) is 11.6 Å². The number of hydrogen-bond donors (Lipinski definition) is 1. The van der Waals surface area contributed by atoms with Crippen LogP contribution < -0.4 is 15.1 Å². The second-order valence-corrected chi connectivity index (χ2v) is 8.14. The summed E-state index contributed by atoms with van der Waals surface area (Å²) in [5.41, 5.74) is 1.60. The van der Waals surface area contributed by atoms with E-state index in [1.54, 1.807) is 30.3 Å². The molecule has 1 amide bonds. The summed E-state index contributed by atoms with van der Waals surface area (Å²) in [6.45, 7) is 3.01. The molecule has 2 heterocycles. The van der Waals surface area contributed by atoms with E-state index in [-0.39, 0.29) is 23.9 Å². The van der Waals surface area contributed by atoms with Crippen molar-refractivity contribution >= 4 is 28.2 Å². The number of fused-ring (bicyclic) bond motifs is 1. The van der Waals surface area contributed by atoms with Gasteiger partial charge in [0.05, 0.1) is 0 Å². The van der Waals surface area contributed by atoms with E-state index in [9.17, 15) is 13.6 Å². The van der Waals surface area contributed by atoms with Crippen molar-refractivity contribution in [2.24, 2.45) is 0 Å². The van der Waals surface area contributed by atoms with Crippen molar-refractivity contribution in [2.75, 3.05) is 36.0 Å². The fourth-order valence-corrected chi connectivity index (χ4v) is 4.22. The van der Waals surface area contributed by atoms with Crippen LogP contribution in [0.15, 0.2) is 72.8 Å². The Morgan fingerprint density at radius 3 is 2.18 bits per heavy atom. The van der Waals surface area contributed by atoms with Gasteiger partial charge in [-0.2, -0.15) is 0 Å². The van der Waals surface area contributed by atoms with Gasteiger partial charge in [0.25, 0.3) is 5.91 Å². The fourth-order valence-electron chi connectivity index (χ4n) is 4.22. The summed E-state index contributed by atoms with van der Waals surface area (Å²) in [5, 5.41) is 12.9. The predicted molar refractivity (Wildman–Crippen MR) is 128 cm³/mol. The second-order valence-electron chi connectivity index (χ2n) is 8.14. The molecular formula is C26H23F2N5O. The molecule has 34 heavy (non-hydrogen) atoms. The fraction of sp³-hybridized carbons (Fsp3) is 0.192. The normalized spacial score (nSPS) is 13.8. The maximum absolute atomic E-state index is 13.9. The third-order valence-electron chi connectivity index (χ3n) is 6.05. The standard InChI is InChI=1S/C26H23F2N5O/c27-19-9-11-20(12-10-19)32-13-15-33(16-14-32)25-22-7-3-2-6-21(22)24(30-31-25)26(34)29-17-18-5-1-4-8-23(18)28/h1-12H,13-17H2,(H,29,34). The molecule has 0 atom stereocenters. The SMILES string of the molecule is O=C(NCc1ccccc1F)c1nnc(N2CCN(c3ccc(F)cc3)CC2)c2ccccc12. The van der Waals surface area contributed by atoms with Gasteiger partial charge in [0.15, 0.2) is 11.5 Å². The molecule has 5 rings (SSSR count). The van der Waals surface area contributed by atoms with E-state index in [2.05, 4.69) is 25.3 Å². The van der Waals surface area contributed by atoms with Crippen LogP contribution in [0.25, 0.3) is 10.8 Å². The highest BCUT2D eigenvalue weighted by atomic mass is 19.1. The summed E-state index contributed by atoms with van der Waals surface area (Å²) >= 11 is 0. The van der Waals surface area contributed by atoms with Crippen LogP contribution in [0.1, 0.15) is 16.1 Å². The molecule has 1 N–H and O–H groups in total. The molecule has 0 bridgehead atoms. The first-order chi connectivity index (χ1) is 16.6. The number of piperazine rings is 1. The van der Waals surface area contributed by atoms with Crippen LogP contribution in [-0.4, -0.2) is 42.3 Å². The molecule has 0 aliphatic carbocycles. The van der Waals surface area contributed by atoms with Gasteiger partial charge in [-0.25, -0.2) is 8.78 Å². The third-order valence-corrected chi connectivity index (χ3v) is 6.05. The molecule has 0 spiro atoms. The molecule has 1 aliphatic heterocycles. The first kappa shape index (κ1) is 21.8. The summed E-state index contributed by atoms with van der Waals surface area (Å²) in [6.07, 6.45) is 0. The van der Waals surface area contributed by atoms with Crippen molar-refractivity contribution in [3.8, 4) is 0 Å². The lowest BCUT2D eigenvalue weighted by molar-refractivity contribution is 0.0946. The van der Waals surface area contributed by atoms with Crippen LogP contribution in [0.3, 0.4) is 0 Å². The lowest BCUT2D eigenvalue weighted by Gasteiger charge is -2.37. The Balaban J connectivity index is 1.34. The van der Waals surface area contributed by atoms with Crippen molar-refractivity contribution in [1.29, 1.82) is 0 Å². The van der Waals surface area contributed by atoms with Crippen LogP contribution >= 0.6 is 0 Å². The van der Waals surface area contributed by atoms with Gasteiger partial charge in [0.2, 0.25) is 0 Å². The van der Waals surface area contributed by atoms with Crippen molar-refractivity contribution < 1.29 is 13.6 Å². The van der Waals surface area contributed by atoms with Gasteiger partial charge in [-0.15, -0.1) is 10.2 Å². The van der Waals surface area contributed by atoms with Crippen LogP contribution in [0.5, 0.6) is 0 Å². The molecule has 1 aliphatic rings. The molecule has 172 valence electrons. The number of anilines is 2. The van der Waals surface area contributed by atoms with Crippen LogP contribution in [0.4, 0.5) is 20.3 Å². The largest absolute Gasteiger partial charge is 0.368 e. The number of nitrogens with one attached hydrogen (secondary N) is 1. The average molecular weight is 460 g/mol. The number of benzene rings is 3. The summed E-state index contributed by atoms with van der Waals surface area (Å²) in [7, 11) is 0.